The summed E-state index contributed by atoms with van der Waals surface area (Å²) in [4.78, 5) is 25.6. The Labute approximate surface area is 132 Å². The van der Waals surface area contributed by atoms with Gasteiger partial charge in [-0.15, -0.1) is 11.3 Å². The van der Waals surface area contributed by atoms with Gasteiger partial charge in [-0.3, -0.25) is 14.3 Å². The van der Waals surface area contributed by atoms with Gasteiger partial charge in [0.25, 0.3) is 5.91 Å². The van der Waals surface area contributed by atoms with Crippen LogP contribution in [0.4, 0.5) is 0 Å². The number of thiophene rings is 1. The first-order valence-electron chi connectivity index (χ1n) is 7.15. The van der Waals surface area contributed by atoms with Gasteiger partial charge in [-0.05, 0) is 32.9 Å². The van der Waals surface area contributed by atoms with Gasteiger partial charge < -0.3 is 16.4 Å². The average molecular weight is 323 g/mol. The van der Waals surface area contributed by atoms with E-state index in [-0.39, 0.29) is 11.8 Å². The fourth-order valence-corrected chi connectivity index (χ4v) is 3.14. The van der Waals surface area contributed by atoms with Crippen molar-refractivity contribution in [3.63, 3.8) is 0 Å². The third kappa shape index (κ3) is 3.45. The summed E-state index contributed by atoms with van der Waals surface area (Å²) in [7, 11) is 1.85. The van der Waals surface area contributed by atoms with Crippen LogP contribution in [0.5, 0.6) is 0 Å². The number of nitrogens with two attached hydrogens (primary N) is 1. The van der Waals surface area contributed by atoms with Crippen molar-refractivity contribution >= 4 is 33.4 Å². The number of aryl methyl sites for hydroxylation is 2. The lowest BCUT2D eigenvalue weighted by molar-refractivity contribution is -0.122. The number of hydrogen-bond acceptors (Lipinski definition) is 5. The third-order valence-electron chi connectivity index (χ3n) is 3.34. The molecule has 7 nitrogen and oxygen atoms in total. The summed E-state index contributed by atoms with van der Waals surface area (Å²) in [5.74, 6) is -0.456. The highest BCUT2D eigenvalue weighted by Crippen LogP contribution is 2.27. The van der Waals surface area contributed by atoms with Gasteiger partial charge in [0.15, 0.2) is 0 Å². The topological polar surface area (TPSA) is 102 Å². The molecule has 2 aromatic rings. The minimum Gasteiger partial charge on any atom is -0.354 e. The average Bonchev–Trinajstić information content (AvgIpc) is 3.01. The molecule has 120 valence electrons. The van der Waals surface area contributed by atoms with Crippen LogP contribution in [-0.2, 0) is 11.8 Å². The van der Waals surface area contributed by atoms with Crippen LogP contribution in [0.3, 0.4) is 0 Å². The van der Waals surface area contributed by atoms with Crippen molar-refractivity contribution in [2.45, 2.75) is 26.3 Å². The van der Waals surface area contributed by atoms with Gasteiger partial charge in [-0.1, -0.05) is 0 Å². The zero-order chi connectivity index (χ0) is 16.3. The Hall–Kier alpha value is -1.93. The molecule has 0 spiro atoms. The van der Waals surface area contributed by atoms with Crippen LogP contribution in [0, 0.1) is 6.92 Å². The molecule has 0 aromatic carbocycles. The second kappa shape index (κ2) is 6.89. The quantitative estimate of drug-likeness (QED) is 0.675. The van der Waals surface area contributed by atoms with E-state index in [1.807, 2.05) is 20.0 Å². The van der Waals surface area contributed by atoms with Crippen LogP contribution in [-0.4, -0.2) is 40.7 Å². The number of fused-ring (bicyclic) bond motifs is 1. The molecular formula is C14H21N5O2S. The molecule has 2 amide bonds. The van der Waals surface area contributed by atoms with Crippen LogP contribution in [0.1, 0.15) is 28.7 Å². The van der Waals surface area contributed by atoms with E-state index in [1.54, 1.807) is 11.6 Å². The molecule has 0 aliphatic rings. The normalized spacial score (nSPS) is 12.4. The van der Waals surface area contributed by atoms with Crippen molar-refractivity contribution in [2.24, 2.45) is 12.8 Å². The number of aromatic nitrogens is 2. The Morgan fingerprint density at radius 3 is 2.86 bits per heavy atom. The smallest absolute Gasteiger partial charge is 0.262 e. The van der Waals surface area contributed by atoms with Crippen molar-refractivity contribution in [1.29, 1.82) is 0 Å². The Morgan fingerprint density at radius 1 is 1.50 bits per heavy atom. The fraction of sp³-hybridized carbons (Fsp3) is 0.500. The minimum absolute atomic E-state index is 0.208. The summed E-state index contributed by atoms with van der Waals surface area (Å²) < 4.78 is 1.76. The molecule has 0 aliphatic heterocycles. The van der Waals surface area contributed by atoms with Crippen LogP contribution >= 0.6 is 11.3 Å². The van der Waals surface area contributed by atoms with E-state index < -0.39 is 6.04 Å². The second-order valence-electron chi connectivity index (χ2n) is 5.17. The number of nitrogens with one attached hydrogen (secondary N) is 2. The van der Waals surface area contributed by atoms with Crippen molar-refractivity contribution in [3.05, 3.63) is 16.6 Å². The monoisotopic (exact) mass is 323 g/mol. The number of carbonyl (C=O) groups excluding carboxylic acids is 2. The Morgan fingerprint density at radius 2 is 2.23 bits per heavy atom. The highest BCUT2D eigenvalue weighted by atomic mass is 32.1. The molecule has 0 radical (unpaired) electrons. The number of rotatable bonds is 6. The first-order valence-corrected chi connectivity index (χ1v) is 7.97. The maximum absolute atomic E-state index is 12.2. The summed E-state index contributed by atoms with van der Waals surface area (Å²) >= 11 is 1.37. The maximum atomic E-state index is 12.2. The molecule has 2 heterocycles. The number of nitrogens with zero attached hydrogens (tertiary/aromatic N) is 2. The molecule has 0 aliphatic carbocycles. The zero-order valence-corrected chi connectivity index (χ0v) is 13.8. The van der Waals surface area contributed by atoms with Gasteiger partial charge in [0.1, 0.15) is 10.9 Å². The van der Waals surface area contributed by atoms with Gasteiger partial charge in [0.2, 0.25) is 5.91 Å². The molecule has 2 rings (SSSR count). The van der Waals surface area contributed by atoms with Gasteiger partial charge in [0.05, 0.1) is 10.6 Å². The SMILES string of the molecule is Cc1nn(C)c2sc(C(=O)NC(C)C(=O)NCCCN)cc12. The first kappa shape index (κ1) is 16.4. The van der Waals surface area contributed by atoms with E-state index in [9.17, 15) is 9.59 Å². The molecular weight excluding hydrogens is 302 g/mol. The van der Waals surface area contributed by atoms with Crippen molar-refractivity contribution in [3.8, 4) is 0 Å². The lowest BCUT2D eigenvalue weighted by Crippen LogP contribution is -2.45. The lowest BCUT2D eigenvalue weighted by Gasteiger charge is -2.13. The van der Waals surface area contributed by atoms with E-state index in [0.717, 1.165) is 22.3 Å². The molecule has 22 heavy (non-hydrogen) atoms. The van der Waals surface area contributed by atoms with Gasteiger partial charge in [0, 0.05) is 19.0 Å². The fourth-order valence-electron chi connectivity index (χ4n) is 2.12. The number of amides is 2. The van der Waals surface area contributed by atoms with E-state index in [2.05, 4.69) is 15.7 Å². The van der Waals surface area contributed by atoms with Crippen LogP contribution in [0.15, 0.2) is 6.07 Å². The number of carbonyl (C=O) groups is 2. The Balaban J connectivity index is 2.01. The van der Waals surface area contributed by atoms with Gasteiger partial charge >= 0.3 is 0 Å². The standard InChI is InChI=1S/C14H21N5O2S/c1-8-10-7-11(22-14(10)19(3)18-8)13(21)17-9(2)12(20)16-6-4-5-15/h7,9H,4-6,15H2,1-3H3,(H,16,20)(H,17,21). The minimum atomic E-state index is -0.588. The van der Waals surface area contributed by atoms with Crippen LogP contribution < -0.4 is 16.4 Å². The molecule has 0 saturated heterocycles. The summed E-state index contributed by atoms with van der Waals surface area (Å²) in [5, 5.41) is 10.7. The predicted molar refractivity (Wildman–Crippen MR) is 86.9 cm³/mol. The van der Waals surface area contributed by atoms with Crippen molar-refractivity contribution in [2.75, 3.05) is 13.1 Å². The Kier molecular flexibility index (Phi) is 5.15. The second-order valence-corrected chi connectivity index (χ2v) is 6.20. The van der Waals surface area contributed by atoms with E-state index >= 15 is 0 Å². The largest absolute Gasteiger partial charge is 0.354 e. The van der Waals surface area contributed by atoms with Gasteiger partial charge in [-0.2, -0.15) is 5.10 Å². The summed E-state index contributed by atoms with van der Waals surface area (Å²) in [6.45, 7) is 4.61. The predicted octanol–water partition coefficient (Wildman–Crippen LogP) is 0.527. The lowest BCUT2D eigenvalue weighted by atomic mass is 10.2. The van der Waals surface area contributed by atoms with Crippen LogP contribution in [0.2, 0.25) is 0 Å². The molecule has 1 unspecified atom stereocenters. The van der Waals surface area contributed by atoms with E-state index in [0.29, 0.717) is 18.0 Å². The molecule has 4 N–H and O–H groups in total. The van der Waals surface area contributed by atoms with E-state index in [1.165, 1.54) is 11.3 Å². The molecule has 2 aromatic heterocycles. The third-order valence-corrected chi connectivity index (χ3v) is 4.54. The summed E-state index contributed by atoms with van der Waals surface area (Å²) in [6, 6.07) is 1.23. The van der Waals surface area contributed by atoms with Crippen LogP contribution in [0.25, 0.3) is 10.2 Å². The first-order chi connectivity index (χ1) is 10.4. The van der Waals surface area contributed by atoms with Gasteiger partial charge in [-0.25, -0.2) is 0 Å². The summed E-state index contributed by atoms with van der Waals surface area (Å²) in [5.41, 5.74) is 6.26. The molecule has 1 atom stereocenters. The van der Waals surface area contributed by atoms with Crippen molar-refractivity contribution < 1.29 is 9.59 Å². The maximum Gasteiger partial charge on any atom is 0.262 e. The Bertz CT molecular complexity index is 656. The number of hydrogen-bond donors (Lipinski definition) is 3. The highest BCUT2D eigenvalue weighted by Gasteiger charge is 2.19. The zero-order valence-electron chi connectivity index (χ0n) is 13.0. The van der Waals surface area contributed by atoms with Crippen molar-refractivity contribution in [1.82, 2.24) is 20.4 Å². The molecule has 8 heteroatoms. The molecule has 0 bridgehead atoms. The van der Waals surface area contributed by atoms with E-state index in [4.69, 9.17) is 5.73 Å². The molecule has 0 saturated carbocycles. The molecule has 0 fully saturated rings. The highest BCUT2D eigenvalue weighted by molar-refractivity contribution is 7.20. The summed E-state index contributed by atoms with van der Waals surface area (Å²) in [6.07, 6.45) is 0.717.